The fraction of sp³-hybridized carbons (Fsp3) is 0.469. The Hall–Kier alpha value is -3.56. The Kier molecular flexibility index (Phi) is 6.70. The zero-order valence-electron chi connectivity index (χ0n) is 23.5. The Morgan fingerprint density at radius 1 is 1.07 bits per heavy atom. The molecule has 2 saturated heterocycles. The molecule has 5 aliphatic rings. The molecule has 7 rings (SSSR count). The molecule has 0 unspecified atom stereocenters. The van der Waals surface area contributed by atoms with Crippen molar-refractivity contribution in [1.29, 1.82) is 0 Å². The molecule has 9 nitrogen and oxygen atoms in total. The summed E-state index contributed by atoms with van der Waals surface area (Å²) in [7, 11) is 0. The van der Waals surface area contributed by atoms with Crippen LogP contribution in [0.15, 0.2) is 54.6 Å². The molecular weight excluding hydrogens is 558 g/mol. The van der Waals surface area contributed by atoms with E-state index in [1.165, 1.54) is 0 Å². The molecular formula is C32H34ClN3O6. The van der Waals surface area contributed by atoms with Crippen LogP contribution in [-0.4, -0.2) is 53.2 Å². The molecule has 2 aromatic rings. The van der Waals surface area contributed by atoms with Crippen LogP contribution in [0.25, 0.3) is 0 Å². The van der Waals surface area contributed by atoms with E-state index < -0.39 is 29.6 Å². The fourth-order valence-corrected chi connectivity index (χ4v) is 7.70. The van der Waals surface area contributed by atoms with Crippen LogP contribution in [0.4, 0.5) is 5.69 Å². The predicted octanol–water partition coefficient (Wildman–Crippen LogP) is 4.30. The van der Waals surface area contributed by atoms with Gasteiger partial charge in [0.2, 0.25) is 24.5 Å². The van der Waals surface area contributed by atoms with Crippen molar-refractivity contribution >= 4 is 35.0 Å². The largest absolute Gasteiger partial charge is 0.454 e. The van der Waals surface area contributed by atoms with Gasteiger partial charge in [-0.15, -0.1) is 0 Å². The molecule has 1 spiro atoms. The number of rotatable bonds is 6. The average molecular weight is 592 g/mol. The van der Waals surface area contributed by atoms with Crippen LogP contribution < -0.4 is 20.1 Å². The average Bonchev–Trinajstić information content (AvgIpc) is 3.72. The van der Waals surface area contributed by atoms with Crippen molar-refractivity contribution in [1.82, 2.24) is 10.2 Å². The standard InChI is InChI=1S/C32H34ClN3O6/c1-17-5-3-8-22(18(17)2)35-30(38)28-32-12-11-24(42-32)26(29(37)34-21-7-4-6-20(33)14-21)27(32)31(39)36(28)15-19-9-10-23-25(13-19)41-16-40-23/h4,6-7,9-14,17-18,22,24,26-28H,3,5,8,15-16H2,1-2H3,(H,34,37)(H,35,38)/t17-,18-,22+,24+,26+,27+,28+,32+/m1/s1. The second-order valence-corrected chi connectivity index (χ2v) is 12.7. The highest BCUT2D eigenvalue weighted by atomic mass is 35.5. The molecule has 2 aromatic carbocycles. The molecule has 0 radical (unpaired) electrons. The summed E-state index contributed by atoms with van der Waals surface area (Å²) in [4.78, 5) is 43.9. The van der Waals surface area contributed by atoms with Crippen LogP contribution in [0.2, 0.25) is 5.02 Å². The zero-order valence-corrected chi connectivity index (χ0v) is 24.3. The van der Waals surface area contributed by atoms with E-state index in [9.17, 15) is 14.4 Å². The van der Waals surface area contributed by atoms with Crippen LogP contribution >= 0.6 is 11.6 Å². The van der Waals surface area contributed by atoms with Crippen molar-refractivity contribution < 1.29 is 28.6 Å². The number of benzene rings is 2. The molecule has 4 aliphatic heterocycles. The number of ether oxygens (including phenoxy) is 3. The topological polar surface area (TPSA) is 106 Å². The quantitative estimate of drug-likeness (QED) is 0.485. The first kappa shape index (κ1) is 27.3. The number of nitrogens with one attached hydrogen (secondary N) is 2. The van der Waals surface area contributed by atoms with Gasteiger partial charge in [0, 0.05) is 23.3 Å². The van der Waals surface area contributed by atoms with Crippen molar-refractivity contribution in [3.63, 3.8) is 0 Å². The van der Waals surface area contributed by atoms with Gasteiger partial charge in [0.15, 0.2) is 11.5 Å². The van der Waals surface area contributed by atoms with Crippen LogP contribution in [0.5, 0.6) is 11.5 Å². The second kappa shape index (κ2) is 10.3. The molecule has 3 amide bonds. The summed E-state index contributed by atoms with van der Waals surface area (Å²) in [6, 6.07) is 11.4. The summed E-state index contributed by atoms with van der Waals surface area (Å²) >= 11 is 6.14. The van der Waals surface area contributed by atoms with Crippen LogP contribution in [0, 0.1) is 23.7 Å². The lowest BCUT2D eigenvalue weighted by molar-refractivity contribution is -0.142. The van der Waals surface area contributed by atoms with Gasteiger partial charge < -0.3 is 29.7 Å². The number of amides is 3. The number of anilines is 1. The molecule has 3 fully saturated rings. The Labute approximate surface area is 249 Å². The van der Waals surface area contributed by atoms with Crippen molar-refractivity contribution in [3.8, 4) is 11.5 Å². The zero-order chi connectivity index (χ0) is 29.2. The van der Waals surface area contributed by atoms with E-state index in [4.69, 9.17) is 25.8 Å². The van der Waals surface area contributed by atoms with E-state index in [-0.39, 0.29) is 37.1 Å². The number of nitrogens with zero attached hydrogens (tertiary/aromatic N) is 1. The highest BCUT2D eigenvalue weighted by Crippen LogP contribution is 2.55. The Morgan fingerprint density at radius 3 is 2.74 bits per heavy atom. The van der Waals surface area contributed by atoms with E-state index in [0.29, 0.717) is 34.0 Å². The van der Waals surface area contributed by atoms with Gasteiger partial charge in [0.1, 0.15) is 11.6 Å². The number of hydrogen-bond acceptors (Lipinski definition) is 6. The van der Waals surface area contributed by atoms with Gasteiger partial charge in [-0.25, -0.2) is 0 Å². The molecule has 220 valence electrons. The Balaban J connectivity index is 1.22. The molecule has 0 aromatic heterocycles. The normalized spacial score (nSPS) is 34.0. The number of fused-ring (bicyclic) bond motifs is 2. The molecule has 2 bridgehead atoms. The Bertz CT molecular complexity index is 1480. The van der Waals surface area contributed by atoms with Crippen molar-refractivity contribution in [2.75, 3.05) is 12.1 Å². The molecule has 1 saturated carbocycles. The first-order valence-electron chi connectivity index (χ1n) is 14.7. The number of carbonyl (C=O) groups excluding carboxylic acids is 3. The van der Waals surface area contributed by atoms with Crippen molar-refractivity contribution in [3.05, 3.63) is 65.2 Å². The number of halogens is 1. The lowest BCUT2D eigenvalue weighted by atomic mass is 9.73. The second-order valence-electron chi connectivity index (χ2n) is 12.2. The van der Waals surface area contributed by atoms with E-state index in [0.717, 1.165) is 24.8 Å². The monoisotopic (exact) mass is 591 g/mol. The highest BCUT2D eigenvalue weighted by molar-refractivity contribution is 6.30. The van der Waals surface area contributed by atoms with Gasteiger partial charge in [0.25, 0.3) is 0 Å². The van der Waals surface area contributed by atoms with Gasteiger partial charge in [-0.1, -0.05) is 62.6 Å². The maximum absolute atomic E-state index is 14.3. The molecule has 1 aliphatic carbocycles. The first-order valence-corrected chi connectivity index (χ1v) is 15.1. The van der Waals surface area contributed by atoms with Crippen molar-refractivity contribution in [2.24, 2.45) is 23.7 Å². The summed E-state index contributed by atoms with van der Waals surface area (Å²) in [5, 5.41) is 6.70. The summed E-state index contributed by atoms with van der Waals surface area (Å²) in [6.07, 6.45) is 6.10. The van der Waals surface area contributed by atoms with Crippen LogP contribution in [-0.2, 0) is 25.7 Å². The maximum Gasteiger partial charge on any atom is 0.246 e. The van der Waals surface area contributed by atoms with E-state index in [1.54, 1.807) is 35.2 Å². The van der Waals surface area contributed by atoms with Gasteiger partial charge in [-0.05, 0) is 54.2 Å². The molecule has 10 heteroatoms. The van der Waals surface area contributed by atoms with Crippen LogP contribution in [0.1, 0.15) is 38.7 Å². The molecule has 2 N–H and O–H groups in total. The first-order chi connectivity index (χ1) is 20.2. The summed E-state index contributed by atoms with van der Waals surface area (Å²) < 4.78 is 17.5. The Morgan fingerprint density at radius 2 is 1.90 bits per heavy atom. The smallest absolute Gasteiger partial charge is 0.246 e. The van der Waals surface area contributed by atoms with Gasteiger partial charge in [-0.3, -0.25) is 14.4 Å². The maximum atomic E-state index is 14.3. The van der Waals surface area contributed by atoms with Gasteiger partial charge >= 0.3 is 0 Å². The predicted molar refractivity (Wildman–Crippen MR) is 155 cm³/mol. The fourth-order valence-electron chi connectivity index (χ4n) is 7.51. The summed E-state index contributed by atoms with van der Waals surface area (Å²) in [6.45, 7) is 4.69. The number of carbonyl (C=O) groups is 3. The minimum atomic E-state index is -1.25. The lowest BCUT2D eigenvalue weighted by Gasteiger charge is -2.38. The third-order valence-electron chi connectivity index (χ3n) is 9.84. The molecule has 4 heterocycles. The minimum absolute atomic E-state index is 0.00343. The highest BCUT2D eigenvalue weighted by Gasteiger charge is 2.72. The summed E-state index contributed by atoms with van der Waals surface area (Å²) in [5.41, 5.74) is 0.0766. The van der Waals surface area contributed by atoms with E-state index >= 15 is 0 Å². The van der Waals surface area contributed by atoms with E-state index in [1.807, 2.05) is 24.3 Å². The molecule has 42 heavy (non-hydrogen) atoms. The van der Waals surface area contributed by atoms with Crippen LogP contribution in [0.3, 0.4) is 0 Å². The summed E-state index contributed by atoms with van der Waals surface area (Å²) in [5.74, 6) is -0.490. The van der Waals surface area contributed by atoms with E-state index in [2.05, 4.69) is 24.5 Å². The number of hydrogen-bond donors (Lipinski definition) is 2. The van der Waals surface area contributed by atoms with Gasteiger partial charge in [-0.2, -0.15) is 0 Å². The molecule has 8 atom stereocenters. The van der Waals surface area contributed by atoms with Gasteiger partial charge in [0.05, 0.1) is 17.9 Å². The number of likely N-dealkylation sites (tertiary alicyclic amines) is 1. The van der Waals surface area contributed by atoms with Crippen molar-refractivity contribution in [2.45, 2.75) is 63.4 Å². The lowest BCUT2D eigenvalue weighted by Crippen LogP contribution is -2.57. The third kappa shape index (κ3) is 4.36. The minimum Gasteiger partial charge on any atom is -0.454 e. The third-order valence-corrected chi connectivity index (χ3v) is 10.1. The SMILES string of the molecule is C[C@@H]1[C@H](C)CCC[C@@H]1NC(=O)[C@@H]1N(Cc2ccc3c(c2)OCO3)C(=O)[C@@H]2[C@@H](C(=O)Nc3cccc(Cl)c3)[C@@H]3C=C[C@]21O3.